The van der Waals surface area contributed by atoms with Crippen molar-refractivity contribution >= 4 is 21.2 Å². The molecule has 7 nitrogen and oxygen atoms in total. The number of nitriles is 1. The van der Waals surface area contributed by atoms with Crippen LogP contribution in [0.4, 0.5) is 0 Å². The molecular formula is C7H3AgN4O3S. The van der Waals surface area contributed by atoms with Gasteiger partial charge in [0.05, 0.1) is 0 Å². The molecule has 1 N–H and O–H groups in total. The predicted octanol–water partition coefficient (Wildman–Crippen LogP) is -0.140. The van der Waals surface area contributed by atoms with Crippen LogP contribution in [-0.2, 0) is 31.4 Å². The van der Waals surface area contributed by atoms with Gasteiger partial charge in [-0.15, -0.1) is 0 Å². The van der Waals surface area contributed by atoms with Crippen molar-refractivity contribution in [3.63, 3.8) is 0 Å². The number of fused-ring (bicyclic) bond motifs is 1. The van der Waals surface area contributed by atoms with Crippen LogP contribution < -0.4 is 0 Å². The van der Waals surface area contributed by atoms with Crippen molar-refractivity contribution in [1.82, 2.24) is 13.4 Å². The number of rotatable bonds is 1. The van der Waals surface area contributed by atoms with Gasteiger partial charge in [-0.3, -0.25) is 0 Å². The minimum atomic E-state index is -4.52. The van der Waals surface area contributed by atoms with Crippen molar-refractivity contribution in [2.45, 2.75) is 4.90 Å². The molecule has 0 fully saturated rings. The molecule has 0 aliphatic carbocycles. The van der Waals surface area contributed by atoms with Gasteiger partial charge in [0.15, 0.2) is 0 Å². The van der Waals surface area contributed by atoms with Gasteiger partial charge in [-0.05, 0) is 0 Å². The molecule has 0 saturated heterocycles. The molecule has 0 radical (unpaired) electrons. The average Bonchev–Trinajstić information content (AvgIpc) is 2.57. The molecule has 0 spiro atoms. The topological polar surface area (TPSA) is 109 Å². The summed E-state index contributed by atoms with van der Waals surface area (Å²) in [5.74, 6) is 0. The molecule has 2 rings (SSSR count). The third-order valence-electron chi connectivity index (χ3n) is 1.89. The van der Waals surface area contributed by atoms with Crippen LogP contribution in [0.3, 0.4) is 0 Å². The summed E-state index contributed by atoms with van der Waals surface area (Å²) in [4.78, 5) is -0.530. The second kappa shape index (κ2) is 3.65. The van der Waals surface area contributed by atoms with Crippen LogP contribution in [0.1, 0.15) is 5.56 Å². The quantitative estimate of drug-likeness (QED) is 0.575. The summed E-state index contributed by atoms with van der Waals surface area (Å²) in [5, 5.41) is 15.9. The maximum absolute atomic E-state index is 11.1. The molecule has 1 heterocycles. The second-order valence-corrected chi connectivity index (χ2v) is 4.80. The number of hydrogen-bond donors (Lipinski definition) is 1. The first-order chi connectivity index (χ1) is 7.45. The van der Waals surface area contributed by atoms with Gasteiger partial charge in [0, 0.05) is 0 Å². The monoisotopic (exact) mass is 330 g/mol. The molecule has 1 aromatic heterocycles. The van der Waals surface area contributed by atoms with Crippen molar-refractivity contribution in [3.8, 4) is 6.07 Å². The van der Waals surface area contributed by atoms with E-state index in [2.05, 4.69) is 31.6 Å². The zero-order valence-electron chi connectivity index (χ0n) is 7.42. The van der Waals surface area contributed by atoms with Gasteiger partial charge >= 0.3 is 103 Å². The number of nitrogens with zero attached hydrogens (tertiary/aromatic N) is 4. The Morgan fingerprint density at radius 2 is 2.19 bits per heavy atom. The fourth-order valence-corrected chi connectivity index (χ4v) is 2.39. The summed E-state index contributed by atoms with van der Waals surface area (Å²) in [6, 6.07) is 4.41. The van der Waals surface area contributed by atoms with E-state index in [-0.39, 0.29) is 11.1 Å². The van der Waals surface area contributed by atoms with E-state index in [0.29, 0.717) is 5.52 Å². The molecule has 0 aliphatic rings. The Balaban J connectivity index is 3.03. The molecule has 1 aromatic carbocycles. The van der Waals surface area contributed by atoms with Gasteiger partial charge in [-0.25, -0.2) is 0 Å². The van der Waals surface area contributed by atoms with Crippen molar-refractivity contribution in [3.05, 3.63) is 17.7 Å². The van der Waals surface area contributed by atoms with Gasteiger partial charge in [0.2, 0.25) is 0 Å². The maximum atomic E-state index is 11.1. The van der Waals surface area contributed by atoms with E-state index >= 15 is 0 Å². The summed E-state index contributed by atoms with van der Waals surface area (Å²) < 4.78 is 32.5. The number of hydrogen-bond acceptors (Lipinski definition) is 5. The molecule has 0 atom stereocenters. The van der Waals surface area contributed by atoms with E-state index in [4.69, 9.17) is 9.81 Å². The minimum absolute atomic E-state index is 0.0576. The van der Waals surface area contributed by atoms with Gasteiger partial charge in [-0.1, -0.05) is 0 Å². The van der Waals surface area contributed by atoms with E-state index in [1.54, 1.807) is 6.07 Å². The molecule has 0 bridgehead atoms. The van der Waals surface area contributed by atoms with Crippen LogP contribution in [0.2, 0.25) is 0 Å². The van der Waals surface area contributed by atoms with E-state index in [1.165, 1.54) is 12.1 Å². The first-order valence-corrected chi connectivity index (χ1v) is 5.94. The fourth-order valence-electron chi connectivity index (χ4n) is 1.27. The SMILES string of the molecule is N#Cc1ccc2c(nn[n]2[Ag])c1S(=O)(=O)O. The molecular weight excluding hydrogens is 328 g/mol. The molecule has 0 aliphatic heterocycles. The Hall–Kier alpha value is -1.24. The van der Waals surface area contributed by atoms with Crippen LogP contribution in [-0.4, -0.2) is 26.4 Å². The number of benzene rings is 1. The second-order valence-electron chi connectivity index (χ2n) is 2.81. The van der Waals surface area contributed by atoms with Gasteiger partial charge in [0.25, 0.3) is 0 Å². The summed E-state index contributed by atoms with van der Waals surface area (Å²) in [5.41, 5.74) is 0.103. The van der Waals surface area contributed by atoms with Crippen LogP contribution in [0.25, 0.3) is 11.0 Å². The Labute approximate surface area is 103 Å². The molecule has 9 heteroatoms. The van der Waals surface area contributed by atoms with Crippen molar-refractivity contribution < 1.29 is 34.3 Å². The average molecular weight is 331 g/mol. The molecule has 0 saturated carbocycles. The Morgan fingerprint density at radius 3 is 2.75 bits per heavy atom. The zero-order chi connectivity index (χ0) is 11.9. The third-order valence-corrected chi connectivity index (χ3v) is 3.30. The Morgan fingerprint density at radius 1 is 1.50 bits per heavy atom. The van der Waals surface area contributed by atoms with E-state index in [0.717, 1.165) is 3.09 Å². The normalized spacial score (nSPS) is 11.6. The van der Waals surface area contributed by atoms with E-state index in [1.807, 2.05) is 0 Å². The first-order valence-electron chi connectivity index (χ1n) is 3.84. The summed E-state index contributed by atoms with van der Waals surface area (Å²) in [6.45, 7) is 0. The van der Waals surface area contributed by atoms with Crippen LogP contribution in [0.15, 0.2) is 17.0 Å². The predicted molar refractivity (Wildman–Crippen MR) is 47.5 cm³/mol. The van der Waals surface area contributed by atoms with E-state index < -0.39 is 15.0 Å². The van der Waals surface area contributed by atoms with Crippen LogP contribution in [0, 0.1) is 11.3 Å². The van der Waals surface area contributed by atoms with Crippen LogP contribution >= 0.6 is 0 Å². The molecule has 0 amide bonds. The van der Waals surface area contributed by atoms with Gasteiger partial charge in [-0.2, -0.15) is 0 Å². The molecule has 2 aromatic rings. The van der Waals surface area contributed by atoms with E-state index in [9.17, 15) is 8.42 Å². The Bertz CT molecular complexity index is 715. The van der Waals surface area contributed by atoms with Gasteiger partial charge in [0.1, 0.15) is 0 Å². The number of aromatic nitrogens is 3. The molecule has 0 unspecified atom stereocenters. The fraction of sp³-hybridized carbons (Fsp3) is 0. The first kappa shape index (κ1) is 11.3. The summed E-state index contributed by atoms with van der Waals surface area (Å²) in [7, 11) is -4.52. The van der Waals surface area contributed by atoms with Crippen molar-refractivity contribution in [2.75, 3.05) is 0 Å². The third kappa shape index (κ3) is 1.64. The molecule has 16 heavy (non-hydrogen) atoms. The molecule has 86 valence electrons. The van der Waals surface area contributed by atoms with Crippen molar-refractivity contribution in [1.29, 1.82) is 5.26 Å². The van der Waals surface area contributed by atoms with Crippen LogP contribution in [0.5, 0.6) is 0 Å². The van der Waals surface area contributed by atoms with Gasteiger partial charge < -0.3 is 0 Å². The summed E-state index contributed by atoms with van der Waals surface area (Å²) >= 11 is 3.02. The Kier molecular flexibility index (Phi) is 2.57. The summed E-state index contributed by atoms with van der Waals surface area (Å²) in [6.07, 6.45) is 0. The zero-order valence-corrected chi connectivity index (χ0v) is 9.72. The standard InChI is InChI=1S/C7H3N4O3S.Ag/c8-3-4-1-2-5-6(10-11-9-5)7(4)15(12,13)14;/h1-2H,(H-,9,10,11,12,13,14);/q-1;+1. The van der Waals surface area contributed by atoms with Crippen molar-refractivity contribution in [2.24, 2.45) is 0 Å².